The summed E-state index contributed by atoms with van der Waals surface area (Å²) >= 11 is 3.36. The first-order valence-electron chi connectivity index (χ1n) is 6.29. The van der Waals surface area contributed by atoms with Gasteiger partial charge in [-0.1, -0.05) is 28.1 Å². The summed E-state index contributed by atoms with van der Waals surface area (Å²) < 4.78 is 6.36. The molecular weight excluding hydrogens is 332 g/mol. The van der Waals surface area contributed by atoms with Crippen molar-refractivity contribution in [1.82, 2.24) is 0 Å². The zero-order valence-electron chi connectivity index (χ0n) is 11.2. The SMILES string of the molecule is N#Cc1ccc(NC(=O)COCc2ccc(Br)cc2)cc1. The summed E-state index contributed by atoms with van der Waals surface area (Å²) in [5.41, 5.74) is 2.20. The van der Waals surface area contributed by atoms with E-state index in [4.69, 9.17) is 10.00 Å². The van der Waals surface area contributed by atoms with Crippen molar-refractivity contribution in [3.05, 3.63) is 64.1 Å². The molecule has 0 spiro atoms. The van der Waals surface area contributed by atoms with Crippen LogP contribution in [0.4, 0.5) is 5.69 Å². The van der Waals surface area contributed by atoms with Crippen molar-refractivity contribution in [2.45, 2.75) is 6.61 Å². The Kier molecular flexibility index (Phi) is 5.50. The molecule has 0 bridgehead atoms. The monoisotopic (exact) mass is 344 g/mol. The smallest absolute Gasteiger partial charge is 0.250 e. The zero-order valence-corrected chi connectivity index (χ0v) is 12.8. The molecule has 0 saturated heterocycles. The minimum atomic E-state index is -0.225. The highest BCUT2D eigenvalue weighted by molar-refractivity contribution is 9.10. The molecule has 0 aromatic heterocycles. The Labute approximate surface area is 131 Å². The van der Waals surface area contributed by atoms with Crippen molar-refractivity contribution in [3.8, 4) is 6.07 Å². The van der Waals surface area contributed by atoms with Crippen molar-refractivity contribution in [2.24, 2.45) is 0 Å². The molecule has 0 fully saturated rings. The van der Waals surface area contributed by atoms with Gasteiger partial charge in [0.15, 0.2) is 0 Å². The van der Waals surface area contributed by atoms with Crippen LogP contribution in [0.15, 0.2) is 53.0 Å². The van der Waals surface area contributed by atoms with E-state index in [0.717, 1.165) is 10.0 Å². The number of nitrogens with one attached hydrogen (secondary N) is 1. The highest BCUT2D eigenvalue weighted by atomic mass is 79.9. The van der Waals surface area contributed by atoms with E-state index in [2.05, 4.69) is 21.2 Å². The molecule has 106 valence electrons. The summed E-state index contributed by atoms with van der Waals surface area (Å²) in [7, 11) is 0. The fraction of sp³-hybridized carbons (Fsp3) is 0.125. The molecule has 0 aliphatic heterocycles. The summed E-state index contributed by atoms with van der Waals surface area (Å²) in [6.07, 6.45) is 0. The van der Waals surface area contributed by atoms with Crippen molar-refractivity contribution < 1.29 is 9.53 Å². The van der Waals surface area contributed by atoms with Gasteiger partial charge in [-0.2, -0.15) is 5.26 Å². The summed E-state index contributed by atoms with van der Waals surface area (Å²) in [6.45, 7) is 0.365. The second-order valence-electron chi connectivity index (χ2n) is 4.36. The molecule has 5 heteroatoms. The Morgan fingerprint density at radius 3 is 2.43 bits per heavy atom. The van der Waals surface area contributed by atoms with Crippen LogP contribution in [-0.4, -0.2) is 12.5 Å². The van der Waals surface area contributed by atoms with Gasteiger partial charge in [0, 0.05) is 10.2 Å². The minimum Gasteiger partial charge on any atom is -0.367 e. The Balaban J connectivity index is 1.76. The fourth-order valence-electron chi connectivity index (χ4n) is 1.67. The molecular formula is C16H13BrN2O2. The molecule has 1 amide bonds. The van der Waals surface area contributed by atoms with E-state index in [1.165, 1.54) is 0 Å². The Morgan fingerprint density at radius 2 is 1.81 bits per heavy atom. The molecule has 0 saturated carbocycles. The van der Waals surface area contributed by atoms with Crippen molar-refractivity contribution in [3.63, 3.8) is 0 Å². The molecule has 4 nitrogen and oxygen atoms in total. The number of nitrogens with zero attached hydrogens (tertiary/aromatic N) is 1. The maximum atomic E-state index is 11.7. The number of carbonyl (C=O) groups excluding carboxylic acids is 1. The standard InChI is InChI=1S/C16H13BrN2O2/c17-14-5-1-13(2-6-14)10-21-11-16(20)19-15-7-3-12(9-18)4-8-15/h1-8H,10-11H2,(H,19,20). The summed E-state index contributed by atoms with van der Waals surface area (Å²) in [6, 6.07) is 16.4. The van der Waals surface area contributed by atoms with Crippen molar-refractivity contribution >= 4 is 27.5 Å². The third-order valence-electron chi connectivity index (χ3n) is 2.71. The van der Waals surface area contributed by atoms with Gasteiger partial charge in [0.2, 0.25) is 5.91 Å². The molecule has 2 aromatic carbocycles. The van der Waals surface area contributed by atoms with Gasteiger partial charge in [-0.25, -0.2) is 0 Å². The van der Waals surface area contributed by atoms with Crippen LogP contribution in [0.3, 0.4) is 0 Å². The molecule has 0 heterocycles. The van der Waals surface area contributed by atoms with Gasteiger partial charge >= 0.3 is 0 Å². The predicted molar refractivity (Wildman–Crippen MR) is 83.6 cm³/mol. The molecule has 0 atom stereocenters. The zero-order chi connectivity index (χ0) is 15.1. The lowest BCUT2D eigenvalue weighted by Crippen LogP contribution is -2.18. The number of hydrogen-bond donors (Lipinski definition) is 1. The first kappa shape index (κ1) is 15.2. The lowest BCUT2D eigenvalue weighted by Gasteiger charge is -2.06. The normalized spacial score (nSPS) is 9.90. The van der Waals surface area contributed by atoms with E-state index in [-0.39, 0.29) is 12.5 Å². The quantitative estimate of drug-likeness (QED) is 0.903. The van der Waals surface area contributed by atoms with Gasteiger partial charge in [0.1, 0.15) is 6.61 Å². The van der Waals surface area contributed by atoms with Crippen LogP contribution in [0.1, 0.15) is 11.1 Å². The van der Waals surface area contributed by atoms with E-state index >= 15 is 0 Å². The number of ether oxygens (including phenoxy) is 1. The van der Waals surface area contributed by atoms with E-state index in [1.54, 1.807) is 24.3 Å². The molecule has 0 radical (unpaired) electrons. The van der Waals surface area contributed by atoms with Gasteiger partial charge in [-0.05, 0) is 42.0 Å². The molecule has 0 aliphatic carbocycles. The third kappa shape index (κ3) is 5.03. The number of benzene rings is 2. The molecule has 21 heavy (non-hydrogen) atoms. The van der Waals surface area contributed by atoms with Gasteiger partial charge < -0.3 is 10.1 Å². The van der Waals surface area contributed by atoms with Crippen LogP contribution in [0.5, 0.6) is 0 Å². The summed E-state index contributed by atoms with van der Waals surface area (Å²) in [5, 5.41) is 11.4. The number of amides is 1. The number of halogens is 1. The minimum absolute atomic E-state index is 0.0178. The Bertz CT molecular complexity index is 645. The number of hydrogen-bond acceptors (Lipinski definition) is 3. The second kappa shape index (κ2) is 7.58. The van der Waals surface area contributed by atoms with Crippen molar-refractivity contribution in [2.75, 3.05) is 11.9 Å². The number of rotatable bonds is 5. The lowest BCUT2D eigenvalue weighted by atomic mass is 10.2. The van der Waals surface area contributed by atoms with Crippen LogP contribution in [0, 0.1) is 11.3 Å². The number of carbonyl (C=O) groups is 1. The highest BCUT2D eigenvalue weighted by Crippen LogP contribution is 2.11. The third-order valence-corrected chi connectivity index (χ3v) is 3.24. The maximum absolute atomic E-state index is 11.7. The van der Waals surface area contributed by atoms with Gasteiger partial charge in [0.05, 0.1) is 18.2 Å². The highest BCUT2D eigenvalue weighted by Gasteiger charge is 2.03. The van der Waals surface area contributed by atoms with E-state index in [0.29, 0.717) is 17.9 Å². The topological polar surface area (TPSA) is 62.1 Å². The fourth-order valence-corrected chi connectivity index (χ4v) is 1.93. The second-order valence-corrected chi connectivity index (χ2v) is 5.27. The van der Waals surface area contributed by atoms with E-state index in [1.807, 2.05) is 30.3 Å². The molecule has 2 rings (SSSR count). The average Bonchev–Trinajstić information content (AvgIpc) is 2.50. The van der Waals surface area contributed by atoms with Crippen LogP contribution >= 0.6 is 15.9 Å². The summed E-state index contributed by atoms with van der Waals surface area (Å²) in [5.74, 6) is -0.225. The Hall–Kier alpha value is -2.16. The average molecular weight is 345 g/mol. The van der Waals surface area contributed by atoms with Crippen molar-refractivity contribution in [1.29, 1.82) is 5.26 Å². The van der Waals surface area contributed by atoms with Gasteiger partial charge in [-0.15, -0.1) is 0 Å². The largest absolute Gasteiger partial charge is 0.367 e. The van der Waals surface area contributed by atoms with E-state index < -0.39 is 0 Å². The van der Waals surface area contributed by atoms with Crippen LogP contribution in [0.2, 0.25) is 0 Å². The molecule has 0 unspecified atom stereocenters. The predicted octanol–water partition coefficient (Wildman–Crippen LogP) is 3.48. The van der Waals surface area contributed by atoms with Gasteiger partial charge in [-0.3, -0.25) is 4.79 Å². The molecule has 2 aromatic rings. The van der Waals surface area contributed by atoms with Crippen LogP contribution in [-0.2, 0) is 16.1 Å². The van der Waals surface area contributed by atoms with E-state index in [9.17, 15) is 4.79 Å². The number of anilines is 1. The van der Waals surface area contributed by atoms with Crippen LogP contribution < -0.4 is 5.32 Å². The lowest BCUT2D eigenvalue weighted by molar-refractivity contribution is -0.121. The first-order chi connectivity index (χ1) is 10.2. The maximum Gasteiger partial charge on any atom is 0.250 e. The first-order valence-corrected chi connectivity index (χ1v) is 7.09. The van der Waals surface area contributed by atoms with Gasteiger partial charge in [0.25, 0.3) is 0 Å². The molecule has 1 N–H and O–H groups in total. The summed E-state index contributed by atoms with van der Waals surface area (Å²) in [4.78, 5) is 11.7. The molecule has 0 aliphatic rings. The Morgan fingerprint density at radius 1 is 1.14 bits per heavy atom. The number of nitriles is 1. The van der Waals surface area contributed by atoms with Crippen LogP contribution in [0.25, 0.3) is 0 Å².